The van der Waals surface area contributed by atoms with Crippen LogP contribution in [-0.2, 0) is 86.4 Å². The Morgan fingerprint density at radius 2 is 1.41 bits per heavy atom. The molecule has 1 unspecified atom stereocenters. The molecule has 0 radical (unpaired) electrons. The quantitative estimate of drug-likeness (QED) is 0.0306. The van der Waals surface area contributed by atoms with Gasteiger partial charge in [0.05, 0.1) is 60.0 Å². The molecule has 106 heavy (non-hydrogen) atoms. The summed E-state index contributed by atoms with van der Waals surface area (Å²) in [4.78, 5) is 169. The van der Waals surface area contributed by atoms with Crippen LogP contribution in [0.5, 0.6) is 0 Å². The first kappa shape index (κ1) is 89.4. The Hall–Kier alpha value is -7.23. The number of amides is 9. The summed E-state index contributed by atoms with van der Waals surface area (Å²) in [5, 5.41) is 10.8. The van der Waals surface area contributed by atoms with Crippen LogP contribution in [0.2, 0.25) is 0 Å². The Morgan fingerprint density at radius 1 is 0.764 bits per heavy atom. The van der Waals surface area contributed by atoms with Crippen LogP contribution in [0.3, 0.4) is 0 Å². The van der Waals surface area contributed by atoms with E-state index in [1.807, 2.05) is 74.4 Å². The zero-order valence-corrected chi connectivity index (χ0v) is 66.1. The van der Waals surface area contributed by atoms with Crippen molar-refractivity contribution in [3.05, 3.63) is 70.8 Å². The number of benzene rings is 2. The summed E-state index contributed by atoms with van der Waals surface area (Å²) < 4.78 is 47.1. The molecule has 2 aliphatic heterocycles. The summed E-state index contributed by atoms with van der Waals surface area (Å²) in [6.45, 7) is 16.9. The first-order valence-electron chi connectivity index (χ1n) is 37.9. The number of imide groups is 1. The minimum absolute atomic E-state index is 0.00514. The number of likely N-dealkylation sites (N-methyl/N-ethyl adjacent to an activating group) is 2. The van der Waals surface area contributed by atoms with Crippen LogP contribution in [-0.4, -0.2) is 206 Å². The zero-order chi connectivity index (χ0) is 78.9. The molecular formula is C79H121F2N9O15S. The van der Waals surface area contributed by atoms with Gasteiger partial charge in [-0.1, -0.05) is 112 Å². The molecule has 5 rings (SSSR count). The molecule has 592 valence electrons. The molecule has 2 aromatic rings. The normalized spacial score (nSPS) is 18.9. The Bertz CT molecular complexity index is 3290. The predicted octanol–water partition coefficient (Wildman–Crippen LogP) is 8.48. The fraction of sp³-hybridized carbons (Fsp3) is 0.696. The van der Waals surface area contributed by atoms with Gasteiger partial charge >= 0.3 is 6.09 Å². The molecule has 0 bridgehead atoms. The van der Waals surface area contributed by atoms with E-state index in [4.69, 9.17) is 19.9 Å². The van der Waals surface area contributed by atoms with E-state index in [9.17, 15) is 61.5 Å². The average molecular weight is 1510 g/mol. The highest BCUT2D eigenvalue weighted by Gasteiger charge is 2.49. The van der Waals surface area contributed by atoms with E-state index in [-0.39, 0.29) is 166 Å². The maximum Gasteiger partial charge on any atom is 0.407 e. The van der Waals surface area contributed by atoms with E-state index in [1.165, 1.54) is 36.9 Å². The lowest BCUT2D eigenvalue weighted by Crippen LogP contribution is -2.54. The van der Waals surface area contributed by atoms with Crippen molar-refractivity contribution >= 4 is 82.5 Å². The lowest BCUT2D eigenvalue weighted by Gasteiger charge is -2.41. The number of nitrogens with two attached hydrogens (primary N) is 1. The van der Waals surface area contributed by atoms with Gasteiger partial charge in [-0.05, 0) is 118 Å². The fourth-order valence-electron chi connectivity index (χ4n) is 14.8. The molecule has 24 nitrogen and oxygen atoms in total. The number of nitrogens with one attached hydrogen (secondary N) is 4. The van der Waals surface area contributed by atoms with Crippen molar-refractivity contribution in [2.75, 3.05) is 67.8 Å². The Labute approximate surface area is 630 Å². The fourth-order valence-corrected chi connectivity index (χ4v) is 16.3. The largest absolute Gasteiger partial charge is 0.445 e. The van der Waals surface area contributed by atoms with E-state index >= 15 is 4.79 Å². The molecule has 3 fully saturated rings. The molecule has 2 aromatic carbocycles. The lowest BCUT2D eigenvalue weighted by molar-refractivity contribution is -0.149. The molecule has 1 aliphatic carbocycles. The highest BCUT2D eigenvalue weighted by molar-refractivity contribution is 8.00. The standard InChI is InChI=1S/C79H121F2N9O15S/c1-16-50(8)72(88(13)76(100)58(48(4)5)40-64(93)71(49(6)7)87(11)12)65(103-14)41-69(96)90-44-54(38-62(90)73(104-15)51(9)74(98)84-35-32-56-59(80)24-22-25-60(56)81)85-78(102)105-45-53-30-28-52(29-31-53)37-63(92)61(26-19-20-27-67(82)94)86-75(99)57(47(2)3)39-55(91)23-18-17-21-36-89-70(97)42-66(77(89)101)106-46-79(33-34-79)43-68(95)83-10/h22,24-25,28-31,47-51,54,57-58,61-62,65-66,71-73H,16-21,23,26-27,32-46H2,1-15H3,(H2,82,94)(H,83,95)(H,84,98)(H,85,102)(H,86,99)/t50-,51+,54-,57-,58-,61-,62-,65+,66?,71-,72-,73+/m0/s1. The van der Waals surface area contributed by atoms with E-state index in [0.717, 1.165) is 25.0 Å². The number of primary amides is 1. The Balaban J connectivity index is 1.23. The number of ketones is 3. The van der Waals surface area contributed by atoms with Crippen LogP contribution >= 0.6 is 11.8 Å². The molecule has 9 amide bonds. The molecule has 0 spiro atoms. The molecular weight excluding hydrogens is 1380 g/mol. The number of unbranched alkanes of at least 4 members (excludes halogenated alkanes) is 3. The van der Waals surface area contributed by atoms with E-state index in [2.05, 4.69) is 21.3 Å². The number of hydrogen-bond donors (Lipinski definition) is 5. The summed E-state index contributed by atoms with van der Waals surface area (Å²) in [5.41, 5.74) is 6.27. The van der Waals surface area contributed by atoms with Crippen molar-refractivity contribution in [3.63, 3.8) is 0 Å². The van der Waals surface area contributed by atoms with Crippen LogP contribution in [0.1, 0.15) is 188 Å². The summed E-state index contributed by atoms with van der Waals surface area (Å²) in [6, 6.07) is 6.74. The number of carbonyl (C=O) groups is 12. The average Bonchev–Trinajstić information content (AvgIpc) is 1.57. The second kappa shape index (κ2) is 43.1. The van der Waals surface area contributed by atoms with Crippen molar-refractivity contribution in [3.8, 4) is 0 Å². The van der Waals surface area contributed by atoms with Crippen molar-refractivity contribution in [2.45, 2.75) is 239 Å². The highest BCUT2D eigenvalue weighted by atomic mass is 32.2. The number of ether oxygens (including phenoxy) is 3. The SMILES string of the molecule is CC[C@H](C)[C@@H]([C@@H](CC(=O)N1C[C@@H](NC(=O)OCc2ccc(CC(=O)[C@H](CCCCC(N)=O)NC(=O)[C@@H](CC(=O)CCCCCN3C(=O)CC(SCC4(CC(=O)NC)CC4)C3=O)C(C)C)cc2)C[C@H]1[C@H](OC)[C@@H](C)C(=O)NCCc1c(F)cccc1F)OC)N(C)C(=O)[C@@H](CC(=O)[C@H](C(C)C)N(C)C)C(C)C. The molecule has 0 aromatic heterocycles. The van der Waals surface area contributed by atoms with Gasteiger partial charge in [0.25, 0.3) is 0 Å². The van der Waals surface area contributed by atoms with Crippen LogP contribution in [0.25, 0.3) is 0 Å². The number of halogens is 2. The first-order chi connectivity index (χ1) is 50.1. The Morgan fingerprint density at radius 3 is 1.98 bits per heavy atom. The number of methoxy groups -OCH3 is 2. The number of thioether (sulfide) groups is 1. The van der Waals surface area contributed by atoms with Crippen molar-refractivity contribution in [2.24, 2.45) is 52.6 Å². The van der Waals surface area contributed by atoms with Gasteiger partial charge in [-0.2, -0.15) is 0 Å². The van der Waals surface area contributed by atoms with Crippen LogP contribution in [0, 0.1) is 58.5 Å². The van der Waals surface area contributed by atoms with Gasteiger partial charge in [-0.15, -0.1) is 11.8 Å². The zero-order valence-electron chi connectivity index (χ0n) is 65.3. The van der Waals surface area contributed by atoms with Gasteiger partial charge < -0.3 is 51.0 Å². The Kier molecular flexibility index (Phi) is 36.3. The van der Waals surface area contributed by atoms with E-state index in [0.29, 0.717) is 61.8 Å². The number of likely N-dealkylation sites (tertiary alicyclic amines) is 2. The first-order valence-corrected chi connectivity index (χ1v) is 39.0. The summed E-state index contributed by atoms with van der Waals surface area (Å²) in [5.74, 6) is -6.97. The van der Waals surface area contributed by atoms with Crippen LogP contribution in [0.4, 0.5) is 13.6 Å². The lowest BCUT2D eigenvalue weighted by atomic mass is 9.83. The van der Waals surface area contributed by atoms with Gasteiger partial charge in [0.15, 0.2) is 11.6 Å². The number of rotatable bonds is 48. The molecule has 27 heteroatoms. The number of hydrogen-bond acceptors (Lipinski definition) is 17. The van der Waals surface area contributed by atoms with Gasteiger partial charge in [-0.25, -0.2) is 13.6 Å². The number of alkyl carbamates (subject to hydrolysis) is 1. The maximum absolute atomic E-state index is 15.1. The number of nitrogens with zero attached hydrogens (tertiary/aromatic N) is 4. The minimum atomic E-state index is -0.973. The third-order valence-electron chi connectivity index (χ3n) is 21.6. The summed E-state index contributed by atoms with van der Waals surface area (Å²) >= 11 is 1.45. The molecule has 6 N–H and O–H groups in total. The van der Waals surface area contributed by atoms with Crippen molar-refractivity contribution in [1.82, 2.24) is 40.9 Å². The monoisotopic (exact) mass is 1510 g/mol. The topological polar surface area (TPSA) is 320 Å². The third-order valence-corrected chi connectivity index (χ3v) is 23.1. The van der Waals surface area contributed by atoms with Gasteiger partial charge in [0.1, 0.15) is 24.0 Å². The molecule has 2 saturated heterocycles. The smallest absolute Gasteiger partial charge is 0.407 e. The predicted molar refractivity (Wildman–Crippen MR) is 401 cm³/mol. The van der Waals surface area contributed by atoms with Crippen molar-refractivity contribution < 1.29 is 80.5 Å². The highest BCUT2D eigenvalue weighted by Crippen LogP contribution is 2.52. The van der Waals surface area contributed by atoms with Gasteiger partial charge in [0.2, 0.25) is 47.3 Å². The molecule has 1 saturated carbocycles. The summed E-state index contributed by atoms with van der Waals surface area (Å²) in [7, 11) is 9.84. The van der Waals surface area contributed by atoms with Crippen LogP contribution in [0.15, 0.2) is 42.5 Å². The van der Waals surface area contributed by atoms with E-state index in [1.54, 1.807) is 55.1 Å². The molecule has 3 aliphatic rings. The second-order valence-corrected chi connectivity index (χ2v) is 32.0. The minimum Gasteiger partial charge on any atom is -0.445 e. The molecule has 12 atom stereocenters. The number of Topliss-reactive ketones (excluding diaryl/α,β-unsaturated/α-hetero) is 3. The van der Waals surface area contributed by atoms with Crippen molar-refractivity contribution in [1.29, 1.82) is 0 Å². The maximum atomic E-state index is 15.1. The third kappa shape index (κ3) is 26.6. The number of carbonyl (C=O) groups excluding carboxylic acids is 12. The van der Waals surface area contributed by atoms with E-state index < -0.39 is 107 Å². The molecule has 2 heterocycles. The van der Waals surface area contributed by atoms with Gasteiger partial charge in [0, 0.05) is 116 Å². The second-order valence-electron chi connectivity index (χ2n) is 30.8. The van der Waals surface area contributed by atoms with Gasteiger partial charge in [-0.3, -0.25) is 62.5 Å². The summed E-state index contributed by atoms with van der Waals surface area (Å²) in [6.07, 6.45) is 2.78. The van der Waals surface area contributed by atoms with Crippen LogP contribution < -0.4 is 27.0 Å².